The Morgan fingerprint density at radius 1 is 1.83 bits per heavy atom. The van der Waals surface area contributed by atoms with E-state index in [0.29, 0.717) is 0 Å². The molecule has 0 aliphatic rings. The third-order valence-electron chi connectivity index (χ3n) is 0.245. The lowest BCUT2D eigenvalue weighted by Crippen LogP contribution is -1.65. The van der Waals surface area contributed by atoms with Crippen LogP contribution in [0.1, 0.15) is 0 Å². The minimum absolute atomic E-state index is 1.11. The van der Waals surface area contributed by atoms with Crippen LogP contribution in [0, 0.1) is 0 Å². The van der Waals surface area contributed by atoms with Gasteiger partial charge >= 0.3 is 0 Å². The molecular weight excluding hydrogens is 96.1 g/mol. The maximum Gasteiger partial charge on any atom is 0.0336 e. The second-order valence-electron chi connectivity index (χ2n) is 0.604. The van der Waals surface area contributed by atoms with Crippen LogP contribution in [-0.2, 0) is 0 Å². The van der Waals surface area contributed by atoms with Gasteiger partial charge in [-0.3, -0.25) is 10.1 Å². The van der Waals surface area contributed by atoms with Crippen molar-refractivity contribution >= 4 is 18.7 Å². The van der Waals surface area contributed by atoms with Crippen molar-refractivity contribution in [3.8, 4) is 0 Å². The molecule has 3 heteroatoms. The Labute approximate surface area is 41.3 Å². The van der Waals surface area contributed by atoms with Gasteiger partial charge in [0, 0.05) is 11.6 Å². The number of aliphatic imine (C=N–C) groups is 1. The van der Waals surface area contributed by atoms with E-state index in [9.17, 15) is 0 Å². The molecule has 34 valence electrons. The standard InChI is InChI=1S/C3H6N2S/c1-5-2-3-6-4/h2-3H,1,4H2/b3-2-. The number of nitrogens with two attached hydrogens (primary N) is 1. The molecule has 0 fully saturated rings. The van der Waals surface area contributed by atoms with E-state index in [0.717, 1.165) is 11.9 Å². The highest BCUT2D eigenvalue weighted by molar-refractivity contribution is 7.99. The van der Waals surface area contributed by atoms with Crippen LogP contribution in [0.4, 0.5) is 0 Å². The Hall–Kier alpha value is -0.280. The number of hydrogen-bond donors (Lipinski definition) is 1. The molecule has 0 aliphatic heterocycles. The van der Waals surface area contributed by atoms with Gasteiger partial charge in [0.1, 0.15) is 0 Å². The molecule has 0 spiro atoms. The molecule has 0 aliphatic carbocycles. The summed E-state index contributed by atoms with van der Waals surface area (Å²) in [6.07, 6.45) is 1.53. The Balaban J connectivity index is 2.94. The first-order valence-electron chi connectivity index (χ1n) is 1.38. The zero-order valence-electron chi connectivity index (χ0n) is 3.29. The van der Waals surface area contributed by atoms with Crippen LogP contribution in [0.2, 0.25) is 0 Å². The van der Waals surface area contributed by atoms with Crippen molar-refractivity contribution in [2.45, 2.75) is 0 Å². The molecule has 0 amide bonds. The summed E-state index contributed by atoms with van der Waals surface area (Å²) in [6, 6.07) is 0. The first-order valence-corrected chi connectivity index (χ1v) is 2.32. The van der Waals surface area contributed by atoms with Crippen molar-refractivity contribution < 1.29 is 0 Å². The average Bonchev–Trinajstić information content (AvgIpc) is 1.61. The van der Waals surface area contributed by atoms with Crippen LogP contribution in [0.25, 0.3) is 0 Å². The molecule has 0 unspecified atom stereocenters. The fraction of sp³-hybridized carbons (Fsp3) is 0. The highest BCUT2D eigenvalue weighted by Gasteiger charge is 1.55. The van der Waals surface area contributed by atoms with Gasteiger partial charge in [0.2, 0.25) is 0 Å². The van der Waals surface area contributed by atoms with Gasteiger partial charge in [-0.05, 0) is 6.72 Å². The van der Waals surface area contributed by atoms with E-state index >= 15 is 0 Å². The predicted octanol–water partition coefficient (Wildman–Crippen LogP) is 0.765. The van der Waals surface area contributed by atoms with E-state index in [4.69, 9.17) is 5.14 Å². The Morgan fingerprint density at radius 3 is 2.67 bits per heavy atom. The van der Waals surface area contributed by atoms with Gasteiger partial charge in [0.25, 0.3) is 0 Å². The molecule has 6 heavy (non-hydrogen) atoms. The van der Waals surface area contributed by atoms with Crippen molar-refractivity contribution in [1.82, 2.24) is 0 Å². The zero-order valence-corrected chi connectivity index (χ0v) is 4.11. The fourth-order valence-corrected chi connectivity index (χ4v) is 0.235. The molecule has 0 saturated heterocycles. The van der Waals surface area contributed by atoms with Crippen molar-refractivity contribution in [2.75, 3.05) is 0 Å². The number of hydrogen-bond acceptors (Lipinski definition) is 3. The fourth-order valence-electron chi connectivity index (χ4n) is 0.0782. The Kier molecular flexibility index (Phi) is 4.50. The summed E-state index contributed by atoms with van der Waals surface area (Å²) in [5.41, 5.74) is 0. The summed E-state index contributed by atoms with van der Waals surface area (Å²) in [5, 5.41) is 6.60. The third-order valence-corrected chi connectivity index (χ3v) is 0.524. The topological polar surface area (TPSA) is 38.4 Å². The van der Waals surface area contributed by atoms with Crippen molar-refractivity contribution in [3.05, 3.63) is 11.6 Å². The minimum Gasteiger partial charge on any atom is -0.274 e. The lowest BCUT2D eigenvalue weighted by atomic mass is 11.1. The van der Waals surface area contributed by atoms with Crippen LogP contribution in [0.15, 0.2) is 16.6 Å². The van der Waals surface area contributed by atoms with Crippen molar-refractivity contribution in [2.24, 2.45) is 10.1 Å². The number of nitrogens with zero attached hydrogens (tertiary/aromatic N) is 1. The van der Waals surface area contributed by atoms with Crippen LogP contribution < -0.4 is 5.14 Å². The summed E-state index contributed by atoms with van der Waals surface area (Å²) >= 11 is 1.11. The normalized spacial score (nSPS) is 9.50. The number of rotatable bonds is 2. The highest BCUT2D eigenvalue weighted by atomic mass is 32.2. The van der Waals surface area contributed by atoms with Crippen LogP contribution >= 0.6 is 11.9 Å². The van der Waals surface area contributed by atoms with E-state index in [2.05, 4.69) is 11.7 Å². The molecule has 2 nitrogen and oxygen atoms in total. The quantitative estimate of drug-likeness (QED) is 0.413. The lowest BCUT2D eigenvalue weighted by Gasteiger charge is -1.69. The maximum atomic E-state index is 4.96. The average molecular weight is 102 g/mol. The smallest absolute Gasteiger partial charge is 0.0336 e. The van der Waals surface area contributed by atoms with E-state index in [1.807, 2.05) is 0 Å². The highest BCUT2D eigenvalue weighted by Crippen LogP contribution is 1.85. The van der Waals surface area contributed by atoms with E-state index in [1.54, 1.807) is 5.41 Å². The summed E-state index contributed by atoms with van der Waals surface area (Å²) in [5.74, 6) is 0. The molecule has 0 aromatic rings. The van der Waals surface area contributed by atoms with E-state index < -0.39 is 0 Å². The molecule has 0 atom stereocenters. The molecule has 2 N–H and O–H groups in total. The Bertz CT molecular complexity index is 59.8. The molecular formula is C3H6N2S. The van der Waals surface area contributed by atoms with Gasteiger partial charge in [-0.2, -0.15) is 0 Å². The SMILES string of the molecule is C=N/C=C\SN. The predicted molar refractivity (Wildman–Crippen MR) is 30.5 cm³/mol. The Morgan fingerprint density at radius 2 is 2.50 bits per heavy atom. The second kappa shape index (κ2) is 4.72. The van der Waals surface area contributed by atoms with Gasteiger partial charge in [0.05, 0.1) is 0 Å². The summed E-state index contributed by atoms with van der Waals surface area (Å²) in [4.78, 5) is 3.39. The van der Waals surface area contributed by atoms with E-state index in [-0.39, 0.29) is 0 Å². The summed E-state index contributed by atoms with van der Waals surface area (Å²) in [7, 11) is 0. The van der Waals surface area contributed by atoms with Crippen LogP contribution in [0.5, 0.6) is 0 Å². The first-order chi connectivity index (χ1) is 2.91. The molecule has 0 heterocycles. The van der Waals surface area contributed by atoms with E-state index in [1.165, 1.54) is 6.20 Å². The first kappa shape index (κ1) is 5.72. The van der Waals surface area contributed by atoms with Gasteiger partial charge in [0.15, 0.2) is 0 Å². The van der Waals surface area contributed by atoms with Crippen molar-refractivity contribution in [3.63, 3.8) is 0 Å². The third kappa shape index (κ3) is 3.72. The van der Waals surface area contributed by atoms with Gasteiger partial charge in [-0.15, -0.1) is 0 Å². The monoisotopic (exact) mass is 102 g/mol. The van der Waals surface area contributed by atoms with Gasteiger partial charge in [-0.1, -0.05) is 11.9 Å². The van der Waals surface area contributed by atoms with Gasteiger partial charge in [-0.25, -0.2) is 0 Å². The summed E-state index contributed by atoms with van der Waals surface area (Å²) < 4.78 is 0. The minimum atomic E-state index is 1.11. The molecule has 0 saturated carbocycles. The largest absolute Gasteiger partial charge is 0.274 e. The maximum absolute atomic E-state index is 4.96. The summed E-state index contributed by atoms with van der Waals surface area (Å²) in [6.45, 7) is 3.19. The van der Waals surface area contributed by atoms with Crippen LogP contribution in [0.3, 0.4) is 0 Å². The molecule has 0 aromatic carbocycles. The molecule has 0 rings (SSSR count). The lowest BCUT2D eigenvalue weighted by molar-refractivity contribution is 1.64. The zero-order chi connectivity index (χ0) is 4.83. The molecule has 0 bridgehead atoms. The van der Waals surface area contributed by atoms with Gasteiger partial charge < -0.3 is 0 Å². The second-order valence-corrected chi connectivity index (χ2v) is 1.15. The molecule has 0 aromatic heterocycles. The van der Waals surface area contributed by atoms with Crippen molar-refractivity contribution in [1.29, 1.82) is 0 Å². The van der Waals surface area contributed by atoms with Crippen LogP contribution in [-0.4, -0.2) is 6.72 Å². The molecule has 0 radical (unpaired) electrons.